The van der Waals surface area contributed by atoms with E-state index in [0.717, 1.165) is 23.0 Å². The molecule has 0 saturated carbocycles. The van der Waals surface area contributed by atoms with Crippen molar-refractivity contribution in [2.24, 2.45) is 0 Å². The topological polar surface area (TPSA) is 24.1 Å². The predicted molar refractivity (Wildman–Crippen MR) is 65.2 cm³/mol. The van der Waals surface area contributed by atoms with Gasteiger partial charge in [-0.15, -0.1) is 0 Å². The predicted octanol–water partition coefficient (Wildman–Crippen LogP) is 2.17. The Morgan fingerprint density at radius 1 is 1.33 bits per heavy atom. The lowest BCUT2D eigenvalue weighted by Crippen LogP contribution is -2.31. The standard InChI is InChI=1S/C11H11ClN2S/c12-7-2-3-8-6(5-7)1-4-9-10(8)14-11(15)13-9/h2-3,5,9-10H,1,4H2,(H2,13,14,15)/t9-,10-/m1/s1. The molecule has 1 heterocycles. The van der Waals surface area contributed by atoms with Crippen molar-refractivity contribution < 1.29 is 0 Å². The summed E-state index contributed by atoms with van der Waals surface area (Å²) in [5, 5.41) is 8.20. The second-order valence-corrected chi connectivity index (χ2v) is 4.93. The quantitative estimate of drug-likeness (QED) is 0.678. The van der Waals surface area contributed by atoms with Crippen LogP contribution in [0.5, 0.6) is 0 Å². The molecule has 0 spiro atoms. The molecule has 2 N–H and O–H groups in total. The Bertz CT molecular complexity index is 433. The molecule has 3 rings (SSSR count). The number of benzene rings is 1. The van der Waals surface area contributed by atoms with Gasteiger partial charge in [0.2, 0.25) is 0 Å². The van der Waals surface area contributed by atoms with Crippen molar-refractivity contribution in [1.82, 2.24) is 10.6 Å². The van der Waals surface area contributed by atoms with Crippen LogP contribution in [0.4, 0.5) is 0 Å². The van der Waals surface area contributed by atoms with Crippen LogP contribution >= 0.6 is 23.8 Å². The lowest BCUT2D eigenvalue weighted by molar-refractivity contribution is 0.466. The number of fused-ring (bicyclic) bond motifs is 3. The van der Waals surface area contributed by atoms with E-state index in [4.69, 9.17) is 23.8 Å². The van der Waals surface area contributed by atoms with Crippen LogP contribution in [-0.4, -0.2) is 11.2 Å². The molecule has 2 aliphatic rings. The summed E-state index contributed by atoms with van der Waals surface area (Å²) in [5.41, 5.74) is 2.69. The van der Waals surface area contributed by atoms with Crippen LogP contribution in [0.3, 0.4) is 0 Å². The van der Waals surface area contributed by atoms with Crippen molar-refractivity contribution in [1.29, 1.82) is 0 Å². The van der Waals surface area contributed by atoms with Gasteiger partial charge in [-0.25, -0.2) is 0 Å². The maximum Gasteiger partial charge on any atom is 0.167 e. The minimum Gasteiger partial charge on any atom is -0.358 e. The molecule has 15 heavy (non-hydrogen) atoms. The second kappa shape index (κ2) is 3.35. The number of hydrogen-bond acceptors (Lipinski definition) is 1. The third-order valence-electron chi connectivity index (χ3n) is 3.17. The van der Waals surface area contributed by atoms with Gasteiger partial charge >= 0.3 is 0 Å². The van der Waals surface area contributed by atoms with Crippen LogP contribution < -0.4 is 10.6 Å². The van der Waals surface area contributed by atoms with Gasteiger partial charge in [0.25, 0.3) is 0 Å². The number of nitrogens with one attached hydrogen (secondary N) is 2. The molecule has 1 aliphatic carbocycles. The molecule has 0 radical (unpaired) electrons. The number of thiocarbonyl (C=S) groups is 1. The van der Waals surface area contributed by atoms with E-state index in [1.807, 2.05) is 6.07 Å². The van der Waals surface area contributed by atoms with Gasteiger partial charge in [-0.1, -0.05) is 17.7 Å². The van der Waals surface area contributed by atoms with Crippen LogP contribution in [0, 0.1) is 0 Å². The first kappa shape index (κ1) is 9.43. The van der Waals surface area contributed by atoms with E-state index >= 15 is 0 Å². The first-order valence-corrected chi connectivity index (χ1v) is 5.88. The monoisotopic (exact) mass is 238 g/mol. The van der Waals surface area contributed by atoms with E-state index in [-0.39, 0.29) is 0 Å². The van der Waals surface area contributed by atoms with E-state index in [1.54, 1.807) is 0 Å². The Morgan fingerprint density at radius 2 is 2.20 bits per heavy atom. The maximum absolute atomic E-state index is 5.99. The first-order valence-electron chi connectivity index (χ1n) is 5.09. The van der Waals surface area contributed by atoms with Crippen LogP contribution in [0.2, 0.25) is 5.02 Å². The molecular weight excluding hydrogens is 228 g/mol. The molecule has 1 fully saturated rings. The first-order chi connectivity index (χ1) is 7.24. The largest absolute Gasteiger partial charge is 0.358 e. The van der Waals surface area contributed by atoms with E-state index in [0.29, 0.717) is 12.1 Å². The van der Waals surface area contributed by atoms with Crippen molar-refractivity contribution in [3.8, 4) is 0 Å². The maximum atomic E-state index is 5.99. The molecule has 78 valence electrons. The Labute approximate surface area is 99.0 Å². The number of hydrogen-bond donors (Lipinski definition) is 2. The smallest absolute Gasteiger partial charge is 0.167 e. The fourth-order valence-corrected chi connectivity index (χ4v) is 2.95. The molecule has 4 heteroatoms. The van der Waals surface area contributed by atoms with Crippen molar-refractivity contribution in [2.45, 2.75) is 24.9 Å². The highest BCUT2D eigenvalue weighted by Crippen LogP contribution is 2.33. The highest BCUT2D eigenvalue weighted by molar-refractivity contribution is 7.80. The van der Waals surface area contributed by atoms with Gasteiger partial charge in [-0.3, -0.25) is 0 Å². The van der Waals surface area contributed by atoms with Crippen molar-refractivity contribution in [3.63, 3.8) is 0 Å². The summed E-state index contributed by atoms with van der Waals surface area (Å²) in [6.07, 6.45) is 2.19. The molecule has 1 saturated heterocycles. The SMILES string of the molecule is S=C1N[C@@H]2c3ccc(Cl)cc3CC[C@H]2N1. The van der Waals surface area contributed by atoms with Gasteiger partial charge in [0.05, 0.1) is 12.1 Å². The summed E-state index contributed by atoms with van der Waals surface area (Å²) in [7, 11) is 0. The molecule has 0 unspecified atom stereocenters. The zero-order valence-corrected chi connectivity index (χ0v) is 9.66. The fourth-order valence-electron chi connectivity index (χ4n) is 2.47. The highest BCUT2D eigenvalue weighted by atomic mass is 35.5. The van der Waals surface area contributed by atoms with Gasteiger partial charge < -0.3 is 10.6 Å². The fraction of sp³-hybridized carbons (Fsp3) is 0.364. The van der Waals surface area contributed by atoms with E-state index < -0.39 is 0 Å². The number of aryl methyl sites for hydroxylation is 1. The molecule has 1 aromatic rings. The summed E-state index contributed by atoms with van der Waals surface area (Å²) in [5.74, 6) is 0. The van der Waals surface area contributed by atoms with Crippen LogP contribution in [0.25, 0.3) is 0 Å². The highest BCUT2D eigenvalue weighted by Gasteiger charge is 2.34. The zero-order chi connectivity index (χ0) is 10.4. The van der Waals surface area contributed by atoms with Gasteiger partial charge in [0, 0.05) is 5.02 Å². The summed E-state index contributed by atoms with van der Waals surface area (Å²) in [4.78, 5) is 0. The van der Waals surface area contributed by atoms with Crippen molar-refractivity contribution in [2.75, 3.05) is 0 Å². The lowest BCUT2D eigenvalue weighted by Gasteiger charge is -2.27. The molecule has 0 bridgehead atoms. The van der Waals surface area contributed by atoms with Crippen LogP contribution in [0.1, 0.15) is 23.6 Å². The van der Waals surface area contributed by atoms with Crippen molar-refractivity contribution in [3.05, 3.63) is 34.3 Å². The average molecular weight is 239 g/mol. The molecular formula is C11H11ClN2S. The Hall–Kier alpha value is -0.800. The minimum atomic E-state index is 0.332. The molecule has 2 atom stereocenters. The summed E-state index contributed by atoms with van der Waals surface area (Å²) in [6.45, 7) is 0. The van der Waals surface area contributed by atoms with Gasteiger partial charge in [0.15, 0.2) is 5.11 Å². The molecule has 2 nitrogen and oxygen atoms in total. The second-order valence-electron chi connectivity index (χ2n) is 4.08. The van der Waals surface area contributed by atoms with E-state index in [9.17, 15) is 0 Å². The van der Waals surface area contributed by atoms with Gasteiger partial charge in [-0.2, -0.15) is 0 Å². The van der Waals surface area contributed by atoms with E-state index in [2.05, 4.69) is 22.8 Å². The van der Waals surface area contributed by atoms with Crippen LogP contribution in [0.15, 0.2) is 18.2 Å². The summed E-state index contributed by atoms with van der Waals surface area (Å²) >= 11 is 11.1. The average Bonchev–Trinajstić information content (AvgIpc) is 2.58. The minimum absolute atomic E-state index is 0.332. The van der Waals surface area contributed by atoms with Gasteiger partial charge in [0.1, 0.15) is 0 Å². The van der Waals surface area contributed by atoms with Gasteiger partial charge in [-0.05, 0) is 48.3 Å². The molecule has 1 aromatic carbocycles. The van der Waals surface area contributed by atoms with Crippen LogP contribution in [-0.2, 0) is 6.42 Å². The zero-order valence-electron chi connectivity index (χ0n) is 8.09. The Kier molecular flexibility index (Phi) is 2.11. The third-order valence-corrected chi connectivity index (χ3v) is 3.64. The van der Waals surface area contributed by atoms with E-state index in [1.165, 1.54) is 11.1 Å². The lowest BCUT2D eigenvalue weighted by atomic mass is 9.85. The normalized spacial score (nSPS) is 27.7. The molecule has 0 aromatic heterocycles. The Balaban J connectivity index is 2.05. The third kappa shape index (κ3) is 1.50. The summed E-state index contributed by atoms with van der Waals surface area (Å²) in [6, 6.07) is 6.91. The molecule has 1 aliphatic heterocycles. The number of rotatable bonds is 0. The van der Waals surface area contributed by atoms with Crippen molar-refractivity contribution >= 4 is 28.9 Å². The Morgan fingerprint density at radius 3 is 3.07 bits per heavy atom. The number of halogens is 1. The molecule has 0 amide bonds. The summed E-state index contributed by atoms with van der Waals surface area (Å²) < 4.78 is 0.